The molecule has 0 saturated carbocycles. The molecule has 17 heavy (non-hydrogen) atoms. The first-order valence-electron chi connectivity index (χ1n) is 4.90. The van der Waals surface area contributed by atoms with Crippen molar-refractivity contribution >= 4 is 5.97 Å². The fraction of sp³-hybridized carbons (Fsp3) is 0.0833. The van der Waals surface area contributed by atoms with Crippen molar-refractivity contribution in [2.45, 2.75) is 6.92 Å². The summed E-state index contributed by atoms with van der Waals surface area (Å²) in [4.78, 5) is 14.5. The van der Waals surface area contributed by atoms with Crippen molar-refractivity contribution in [3.05, 3.63) is 47.5 Å². The molecule has 5 nitrogen and oxygen atoms in total. The minimum absolute atomic E-state index is 0.00578. The third-order valence-corrected chi connectivity index (χ3v) is 2.41. The van der Waals surface area contributed by atoms with Gasteiger partial charge in [-0.3, -0.25) is 0 Å². The molecule has 1 aromatic heterocycles. The molecule has 0 aliphatic heterocycles. The van der Waals surface area contributed by atoms with Gasteiger partial charge in [0.05, 0.1) is 11.6 Å². The predicted molar refractivity (Wildman–Crippen MR) is 60.0 cm³/mol. The van der Waals surface area contributed by atoms with Gasteiger partial charge >= 0.3 is 5.97 Å². The van der Waals surface area contributed by atoms with E-state index in [9.17, 15) is 4.79 Å². The lowest BCUT2D eigenvalue weighted by Crippen LogP contribution is -1.97. The van der Waals surface area contributed by atoms with E-state index in [1.54, 1.807) is 22.8 Å². The van der Waals surface area contributed by atoms with E-state index in [1.807, 2.05) is 6.92 Å². The first-order valence-corrected chi connectivity index (χ1v) is 4.90. The molecule has 0 unspecified atom stereocenters. The number of carboxylic acid groups (broad SMARTS) is 1. The number of carbonyl (C=O) groups is 1. The van der Waals surface area contributed by atoms with Gasteiger partial charge in [-0.05, 0) is 30.7 Å². The zero-order valence-corrected chi connectivity index (χ0v) is 9.08. The third kappa shape index (κ3) is 2.01. The number of carboxylic acids is 1. The zero-order chi connectivity index (χ0) is 12.4. The number of rotatable bonds is 2. The summed E-state index contributed by atoms with van der Waals surface area (Å²) in [6, 6.07) is 7.25. The van der Waals surface area contributed by atoms with Crippen LogP contribution in [0.3, 0.4) is 0 Å². The molecule has 0 fully saturated rings. The van der Waals surface area contributed by atoms with Crippen LogP contribution in [0.25, 0.3) is 5.69 Å². The second-order valence-electron chi connectivity index (χ2n) is 3.58. The van der Waals surface area contributed by atoms with E-state index in [-0.39, 0.29) is 5.69 Å². The van der Waals surface area contributed by atoms with Crippen LogP contribution < -0.4 is 0 Å². The average molecular weight is 227 g/mol. The Kier molecular flexibility index (Phi) is 2.63. The molecule has 5 heteroatoms. The molecule has 0 saturated heterocycles. The minimum Gasteiger partial charge on any atom is -0.476 e. The molecule has 0 aliphatic carbocycles. The highest BCUT2D eigenvalue weighted by Gasteiger charge is 2.09. The van der Waals surface area contributed by atoms with Gasteiger partial charge in [-0.15, -0.1) is 0 Å². The van der Waals surface area contributed by atoms with Crippen LogP contribution in [-0.2, 0) is 0 Å². The number of imidazole rings is 1. The average Bonchev–Trinajstić information content (AvgIpc) is 2.78. The summed E-state index contributed by atoms with van der Waals surface area (Å²) in [6.07, 6.45) is 2.88. The van der Waals surface area contributed by atoms with Gasteiger partial charge in [-0.2, -0.15) is 5.26 Å². The molecule has 0 radical (unpaired) electrons. The van der Waals surface area contributed by atoms with E-state index in [4.69, 9.17) is 10.4 Å². The minimum atomic E-state index is -1.06. The van der Waals surface area contributed by atoms with Crippen LogP contribution >= 0.6 is 0 Å². The SMILES string of the molecule is Cc1cc(C#N)ccc1-n1cnc(C(=O)O)c1. The number of nitrogens with zero attached hydrogens (tertiary/aromatic N) is 3. The van der Waals surface area contributed by atoms with Crippen molar-refractivity contribution < 1.29 is 9.90 Å². The summed E-state index contributed by atoms with van der Waals surface area (Å²) in [5.41, 5.74) is 2.26. The van der Waals surface area contributed by atoms with Gasteiger partial charge in [0.25, 0.3) is 0 Å². The van der Waals surface area contributed by atoms with Crippen LogP contribution in [0.1, 0.15) is 21.6 Å². The lowest BCUT2D eigenvalue weighted by atomic mass is 10.1. The molecule has 0 amide bonds. The lowest BCUT2D eigenvalue weighted by molar-refractivity contribution is 0.0691. The zero-order valence-electron chi connectivity index (χ0n) is 9.08. The molecule has 1 aromatic carbocycles. The Morgan fingerprint density at radius 3 is 2.82 bits per heavy atom. The highest BCUT2D eigenvalue weighted by molar-refractivity contribution is 5.85. The Morgan fingerprint density at radius 2 is 2.29 bits per heavy atom. The van der Waals surface area contributed by atoms with Gasteiger partial charge < -0.3 is 9.67 Å². The van der Waals surface area contributed by atoms with E-state index >= 15 is 0 Å². The highest BCUT2D eigenvalue weighted by atomic mass is 16.4. The predicted octanol–water partition coefficient (Wildman–Crippen LogP) is 1.75. The van der Waals surface area contributed by atoms with E-state index < -0.39 is 5.97 Å². The Balaban J connectivity index is 2.46. The number of hydrogen-bond acceptors (Lipinski definition) is 3. The molecule has 0 spiro atoms. The van der Waals surface area contributed by atoms with Crippen LogP contribution in [0.5, 0.6) is 0 Å². The van der Waals surface area contributed by atoms with E-state index in [1.165, 1.54) is 12.5 Å². The molecule has 1 heterocycles. The maximum atomic E-state index is 10.7. The van der Waals surface area contributed by atoms with Gasteiger partial charge in [0, 0.05) is 11.9 Å². The van der Waals surface area contributed by atoms with Crippen LogP contribution in [0.15, 0.2) is 30.7 Å². The van der Waals surface area contributed by atoms with E-state index in [0.717, 1.165) is 11.3 Å². The summed E-state index contributed by atoms with van der Waals surface area (Å²) in [7, 11) is 0. The maximum Gasteiger partial charge on any atom is 0.356 e. The van der Waals surface area contributed by atoms with Gasteiger partial charge in [-0.25, -0.2) is 9.78 Å². The highest BCUT2D eigenvalue weighted by Crippen LogP contribution is 2.16. The molecular formula is C12H9N3O2. The molecule has 2 aromatic rings. The summed E-state index contributed by atoms with van der Waals surface area (Å²) < 4.78 is 1.62. The van der Waals surface area contributed by atoms with Gasteiger partial charge in [0.2, 0.25) is 0 Å². The number of aromatic carboxylic acids is 1. The lowest BCUT2D eigenvalue weighted by Gasteiger charge is -2.05. The summed E-state index contributed by atoms with van der Waals surface area (Å²) in [5.74, 6) is -1.06. The number of hydrogen-bond donors (Lipinski definition) is 1. The fourth-order valence-electron chi connectivity index (χ4n) is 1.58. The number of benzene rings is 1. The Bertz CT molecular complexity index is 623. The molecule has 0 bridgehead atoms. The monoisotopic (exact) mass is 227 g/mol. The van der Waals surface area contributed by atoms with E-state index in [0.29, 0.717) is 5.56 Å². The normalized spacial score (nSPS) is 9.88. The van der Waals surface area contributed by atoms with Crippen LogP contribution in [0.4, 0.5) is 0 Å². The Morgan fingerprint density at radius 1 is 1.53 bits per heavy atom. The van der Waals surface area contributed by atoms with Crippen LogP contribution in [-0.4, -0.2) is 20.6 Å². The second-order valence-corrected chi connectivity index (χ2v) is 3.58. The third-order valence-electron chi connectivity index (χ3n) is 2.41. The largest absolute Gasteiger partial charge is 0.476 e. The summed E-state index contributed by atoms with van der Waals surface area (Å²) in [5, 5.41) is 17.5. The molecule has 84 valence electrons. The van der Waals surface area contributed by atoms with Gasteiger partial charge in [0.15, 0.2) is 5.69 Å². The molecule has 1 N–H and O–H groups in total. The van der Waals surface area contributed by atoms with E-state index in [2.05, 4.69) is 11.1 Å². The van der Waals surface area contributed by atoms with Crippen molar-refractivity contribution in [2.75, 3.05) is 0 Å². The quantitative estimate of drug-likeness (QED) is 0.847. The van der Waals surface area contributed by atoms with Crippen molar-refractivity contribution in [3.8, 4) is 11.8 Å². The van der Waals surface area contributed by atoms with Gasteiger partial charge in [-0.1, -0.05) is 0 Å². The maximum absolute atomic E-state index is 10.7. The van der Waals surface area contributed by atoms with Crippen molar-refractivity contribution in [1.82, 2.24) is 9.55 Å². The second kappa shape index (κ2) is 4.10. The first-order chi connectivity index (χ1) is 8.11. The van der Waals surface area contributed by atoms with Crippen LogP contribution in [0.2, 0.25) is 0 Å². The summed E-state index contributed by atoms with van der Waals surface area (Å²) in [6.45, 7) is 1.86. The smallest absolute Gasteiger partial charge is 0.356 e. The number of nitriles is 1. The summed E-state index contributed by atoms with van der Waals surface area (Å²) >= 11 is 0. The Hall–Kier alpha value is -2.61. The van der Waals surface area contributed by atoms with Crippen molar-refractivity contribution in [2.24, 2.45) is 0 Å². The first kappa shape index (κ1) is 10.9. The molecule has 2 rings (SSSR count). The number of aryl methyl sites for hydroxylation is 1. The molecule has 0 aliphatic rings. The molecule has 0 atom stereocenters. The topological polar surface area (TPSA) is 78.9 Å². The Labute approximate surface area is 97.6 Å². The van der Waals surface area contributed by atoms with Crippen molar-refractivity contribution in [3.63, 3.8) is 0 Å². The fourth-order valence-corrected chi connectivity index (χ4v) is 1.58. The van der Waals surface area contributed by atoms with Crippen LogP contribution in [0, 0.1) is 18.3 Å². The molecular weight excluding hydrogens is 218 g/mol. The van der Waals surface area contributed by atoms with Gasteiger partial charge in [0.1, 0.15) is 6.33 Å². The number of aromatic nitrogens is 2. The van der Waals surface area contributed by atoms with Crippen molar-refractivity contribution in [1.29, 1.82) is 5.26 Å². The standard InChI is InChI=1S/C12H9N3O2/c1-8-4-9(5-13)2-3-11(8)15-6-10(12(16)17)14-7-15/h2-4,6-7H,1H3,(H,16,17).